The molecule has 0 saturated carbocycles. The molecule has 0 bridgehead atoms. The molecule has 3 aromatic carbocycles. The molecule has 6 atom stereocenters. The van der Waals surface area contributed by atoms with Crippen LogP contribution in [0.15, 0.2) is 91.4 Å². The average Bonchev–Trinajstić information content (AvgIpc) is 3.92. The molecule has 0 fully saturated rings. The Morgan fingerprint density at radius 2 is 0.655 bits per heavy atom. The van der Waals surface area contributed by atoms with E-state index >= 15 is 0 Å². The molecule has 0 aliphatic carbocycles. The van der Waals surface area contributed by atoms with Crippen molar-refractivity contribution >= 4 is 95.7 Å². The zero-order valence-electron chi connectivity index (χ0n) is 38.9. The van der Waals surface area contributed by atoms with E-state index in [0.29, 0.717) is 49.2 Å². The molecule has 0 N–H and O–H groups in total. The predicted octanol–water partition coefficient (Wildman–Crippen LogP) is 7.02. The van der Waals surface area contributed by atoms with E-state index in [-0.39, 0.29) is 16.2 Å². The third-order valence-corrected chi connectivity index (χ3v) is 26.5. The molecule has 6 aromatic rings. The first kappa shape index (κ1) is 45.2. The maximum absolute atomic E-state index is 6.51. The van der Waals surface area contributed by atoms with Crippen LogP contribution in [0.1, 0.15) is 104 Å². The van der Waals surface area contributed by atoms with E-state index in [4.69, 9.17) is 13.3 Å². The van der Waals surface area contributed by atoms with Gasteiger partial charge in [-0.15, -0.1) is 0 Å². The topological polar surface area (TPSA) is 42.5 Å². The Hall–Kier alpha value is -2.31. The first-order valence-electron chi connectivity index (χ1n) is 21.2. The Bertz CT molecular complexity index is 2150. The molecule has 6 rings (SSSR count). The fraction of sp³-hybridized carbons (Fsp3) is 0.500. The second-order valence-electron chi connectivity index (χ2n) is 20.7. The molecular formula is C48H72BiN3O3Si3. The predicted molar refractivity (Wildman–Crippen MR) is 260 cm³/mol. The summed E-state index contributed by atoms with van der Waals surface area (Å²) in [5, 5.41) is 3.82. The molecule has 58 heavy (non-hydrogen) atoms. The third kappa shape index (κ3) is 7.75. The van der Waals surface area contributed by atoms with Gasteiger partial charge in [0.25, 0.3) is 0 Å². The van der Waals surface area contributed by atoms with Gasteiger partial charge in [0.2, 0.25) is 0 Å². The second kappa shape index (κ2) is 15.9. The molecule has 6 nitrogen and oxygen atoms in total. The minimum absolute atomic E-state index is 0.0902. The molecule has 0 spiro atoms. The third-order valence-electron chi connectivity index (χ3n) is 14.8. The monoisotopic (exact) mass is 1030 g/mol. The Labute approximate surface area is 366 Å². The first-order chi connectivity index (χ1) is 26.9. The van der Waals surface area contributed by atoms with Gasteiger partial charge in [0.05, 0.1) is 0 Å². The summed E-state index contributed by atoms with van der Waals surface area (Å²) in [5.74, 6) is 0.916. The van der Waals surface area contributed by atoms with Crippen LogP contribution >= 0.6 is 0 Å². The number of aromatic nitrogens is 3. The van der Waals surface area contributed by atoms with Crippen molar-refractivity contribution < 1.29 is 13.3 Å². The molecule has 0 saturated heterocycles. The summed E-state index contributed by atoms with van der Waals surface area (Å²) in [5.41, 5.74) is 2.67. The molecule has 314 valence electrons. The summed E-state index contributed by atoms with van der Waals surface area (Å²) in [4.78, 5) is 0. The number of hydrogen-bond acceptors (Lipinski definition) is 3. The van der Waals surface area contributed by atoms with Crippen LogP contribution in [0, 0.1) is 34.0 Å². The van der Waals surface area contributed by atoms with E-state index in [1.807, 2.05) is 0 Å². The molecule has 3 heterocycles. The van der Waals surface area contributed by atoms with Gasteiger partial charge in [-0.1, -0.05) is 0 Å². The van der Waals surface area contributed by atoms with E-state index in [2.05, 4.69) is 209 Å². The van der Waals surface area contributed by atoms with Gasteiger partial charge in [0.1, 0.15) is 0 Å². The molecule has 10 heteroatoms. The molecule has 6 unspecified atom stereocenters. The Balaban J connectivity index is 1.53. The van der Waals surface area contributed by atoms with Crippen molar-refractivity contribution in [2.45, 2.75) is 121 Å². The van der Waals surface area contributed by atoms with E-state index in [1.165, 1.54) is 42.5 Å². The van der Waals surface area contributed by atoms with Crippen LogP contribution in [0.4, 0.5) is 0 Å². The molecular weight excluding hydrogens is 960 g/mol. The van der Waals surface area contributed by atoms with Crippen molar-refractivity contribution in [2.75, 3.05) is 0 Å². The molecule has 0 radical (unpaired) electrons. The van der Waals surface area contributed by atoms with Gasteiger partial charge in [-0.2, -0.15) is 0 Å². The van der Waals surface area contributed by atoms with Crippen LogP contribution < -0.4 is 9.81 Å². The van der Waals surface area contributed by atoms with Crippen LogP contribution in [-0.2, 0) is 30.5 Å². The van der Waals surface area contributed by atoms with Crippen molar-refractivity contribution in [3.05, 3.63) is 91.4 Å². The summed E-state index contributed by atoms with van der Waals surface area (Å²) in [6, 6.07) is 28.8. The van der Waals surface area contributed by atoms with Crippen LogP contribution in [-0.4, -0.2) is 66.9 Å². The number of fused-ring (bicyclic) bond motifs is 3. The van der Waals surface area contributed by atoms with Crippen molar-refractivity contribution in [3.8, 4) is 0 Å². The number of nitrogens with zero attached hydrogens (tertiary/aromatic N) is 3. The summed E-state index contributed by atoms with van der Waals surface area (Å²) >= 11 is -2.93. The van der Waals surface area contributed by atoms with Crippen molar-refractivity contribution in [2.24, 2.45) is 34.0 Å². The Morgan fingerprint density at radius 3 is 0.862 bits per heavy atom. The SMILES string of the molecule is CC(C(C)(C)C)C(C)(O[SiH3])n1ccc2c[c]([Bi]([c]3ccc4c(ccn4C(C)(O[SiH3])C(C)C(C)(C)C)c3)[c]3ccc4c(ccn4C(C)(O[SiH3])C(C)C(C)(C)C)c3)ccc21. The average molecular weight is 1030 g/mol. The number of benzene rings is 3. The summed E-state index contributed by atoms with van der Waals surface area (Å²) < 4.78 is 31.1. The molecule has 0 amide bonds. The Kier molecular flexibility index (Phi) is 12.4. The molecule has 0 aliphatic heterocycles. The first-order valence-corrected chi connectivity index (χ1v) is 28.8. The van der Waals surface area contributed by atoms with Gasteiger partial charge >= 0.3 is 369 Å². The molecule has 0 aliphatic rings. The molecule has 3 aromatic heterocycles. The number of rotatable bonds is 12. The van der Waals surface area contributed by atoms with Gasteiger partial charge in [-0.3, -0.25) is 0 Å². The van der Waals surface area contributed by atoms with Gasteiger partial charge in [-0.25, -0.2) is 0 Å². The van der Waals surface area contributed by atoms with Crippen LogP contribution in [0.3, 0.4) is 0 Å². The van der Waals surface area contributed by atoms with E-state index in [0.717, 1.165) is 0 Å². The van der Waals surface area contributed by atoms with Crippen molar-refractivity contribution in [1.82, 2.24) is 13.7 Å². The van der Waals surface area contributed by atoms with Crippen LogP contribution in [0.25, 0.3) is 32.7 Å². The normalized spacial score (nSPS) is 18.2. The van der Waals surface area contributed by atoms with Crippen LogP contribution in [0.2, 0.25) is 0 Å². The Morgan fingerprint density at radius 1 is 0.414 bits per heavy atom. The van der Waals surface area contributed by atoms with Crippen molar-refractivity contribution in [3.63, 3.8) is 0 Å². The summed E-state index contributed by atoms with van der Waals surface area (Å²) in [7, 11) is 1.98. The zero-order chi connectivity index (χ0) is 43.0. The van der Waals surface area contributed by atoms with Gasteiger partial charge in [0.15, 0.2) is 0 Å². The van der Waals surface area contributed by atoms with Gasteiger partial charge in [0, 0.05) is 0 Å². The second-order valence-corrected chi connectivity index (χ2v) is 30.5. The standard InChI is InChI=1S/3C16H24NOSi.Bi/c3*1-12(15(2,3)4)16(5,18-19)17-11-10-13-8-6-7-9-14(13)17;/h3*7-12H,1-5,19H3;. The van der Waals surface area contributed by atoms with Crippen molar-refractivity contribution in [1.29, 1.82) is 0 Å². The van der Waals surface area contributed by atoms with Crippen LogP contribution in [0.5, 0.6) is 0 Å². The number of hydrogen-bond donors (Lipinski definition) is 0. The maximum atomic E-state index is 6.51. The summed E-state index contributed by atoms with van der Waals surface area (Å²) in [6.45, 7) is 34.7. The minimum atomic E-state index is -2.93. The fourth-order valence-electron chi connectivity index (χ4n) is 9.28. The fourth-order valence-corrected chi connectivity index (χ4v) is 20.1. The van der Waals surface area contributed by atoms with Gasteiger partial charge < -0.3 is 0 Å². The summed E-state index contributed by atoms with van der Waals surface area (Å²) in [6.07, 6.45) is 6.76. The van der Waals surface area contributed by atoms with E-state index < -0.39 is 38.9 Å². The van der Waals surface area contributed by atoms with E-state index in [1.54, 1.807) is 0 Å². The van der Waals surface area contributed by atoms with E-state index in [9.17, 15) is 0 Å². The zero-order valence-corrected chi connectivity index (χ0v) is 48.4. The quantitative estimate of drug-likeness (QED) is 0.124. The van der Waals surface area contributed by atoms with Gasteiger partial charge in [-0.05, 0) is 0 Å².